The van der Waals surface area contributed by atoms with Gasteiger partial charge in [-0.05, 0) is 30.9 Å². The van der Waals surface area contributed by atoms with Crippen molar-refractivity contribution < 1.29 is 4.79 Å². The summed E-state index contributed by atoms with van der Waals surface area (Å²) in [7, 11) is 2.14. The molecule has 1 aliphatic rings. The van der Waals surface area contributed by atoms with Crippen LogP contribution in [-0.2, 0) is 24.7 Å². The standard InChI is InChI=1S/C16H20N2O/c1-3-16(19)17-11-8-9-15-13(10-11)12-6-4-5-7-14(12)18(15)2/h4-7,11H,3,8-10H2,1-2H3,(H,17,19). The fraction of sp³-hybridized carbons (Fsp3) is 0.438. The number of carbonyl (C=O) groups is 1. The van der Waals surface area contributed by atoms with Gasteiger partial charge in [0, 0.05) is 36.1 Å². The van der Waals surface area contributed by atoms with Gasteiger partial charge in [-0.15, -0.1) is 0 Å². The predicted octanol–water partition coefficient (Wildman–Crippen LogP) is 2.56. The lowest BCUT2D eigenvalue weighted by atomic mass is 9.91. The molecule has 2 aromatic rings. The highest BCUT2D eigenvalue weighted by Gasteiger charge is 2.24. The molecule has 100 valence electrons. The van der Waals surface area contributed by atoms with Crippen molar-refractivity contribution in [1.82, 2.24) is 9.88 Å². The van der Waals surface area contributed by atoms with Crippen LogP contribution in [0.4, 0.5) is 0 Å². The first-order valence-electron chi connectivity index (χ1n) is 7.05. The summed E-state index contributed by atoms with van der Waals surface area (Å²) in [5.74, 6) is 0.161. The Hall–Kier alpha value is -1.77. The second-order valence-corrected chi connectivity index (χ2v) is 5.36. The zero-order valence-electron chi connectivity index (χ0n) is 11.6. The molecule has 3 heteroatoms. The highest BCUT2D eigenvalue weighted by Crippen LogP contribution is 2.31. The van der Waals surface area contributed by atoms with Gasteiger partial charge >= 0.3 is 0 Å². The second-order valence-electron chi connectivity index (χ2n) is 5.36. The summed E-state index contributed by atoms with van der Waals surface area (Å²) in [5, 5.41) is 4.48. The molecule has 1 unspecified atom stereocenters. The van der Waals surface area contributed by atoms with E-state index in [2.05, 4.69) is 41.2 Å². The number of hydrogen-bond acceptors (Lipinski definition) is 1. The van der Waals surface area contributed by atoms with Crippen molar-refractivity contribution in [2.24, 2.45) is 7.05 Å². The van der Waals surface area contributed by atoms with Crippen molar-refractivity contribution in [3.63, 3.8) is 0 Å². The molecule has 1 heterocycles. The molecule has 1 aromatic heterocycles. The van der Waals surface area contributed by atoms with Crippen molar-refractivity contribution in [3.8, 4) is 0 Å². The van der Waals surface area contributed by atoms with Crippen LogP contribution < -0.4 is 5.32 Å². The predicted molar refractivity (Wildman–Crippen MR) is 77.2 cm³/mol. The third kappa shape index (κ3) is 2.03. The molecular weight excluding hydrogens is 236 g/mol. The van der Waals surface area contributed by atoms with Gasteiger partial charge in [-0.25, -0.2) is 0 Å². The Morgan fingerprint density at radius 2 is 2.21 bits per heavy atom. The largest absolute Gasteiger partial charge is 0.353 e. The summed E-state index contributed by atoms with van der Waals surface area (Å²) in [4.78, 5) is 11.5. The Labute approximate surface area is 113 Å². The fourth-order valence-corrected chi connectivity index (χ4v) is 3.18. The molecule has 19 heavy (non-hydrogen) atoms. The fourth-order valence-electron chi connectivity index (χ4n) is 3.18. The number of rotatable bonds is 2. The molecule has 0 saturated carbocycles. The monoisotopic (exact) mass is 256 g/mol. The number of fused-ring (bicyclic) bond motifs is 3. The summed E-state index contributed by atoms with van der Waals surface area (Å²) in [6.07, 6.45) is 3.62. The SMILES string of the molecule is CCC(=O)NC1CCc2c(c3ccccc3n2C)C1. The summed E-state index contributed by atoms with van der Waals surface area (Å²) in [6, 6.07) is 8.85. The number of aromatic nitrogens is 1. The lowest BCUT2D eigenvalue weighted by molar-refractivity contribution is -0.121. The summed E-state index contributed by atoms with van der Waals surface area (Å²) < 4.78 is 2.31. The lowest BCUT2D eigenvalue weighted by Crippen LogP contribution is -2.38. The van der Waals surface area contributed by atoms with Gasteiger partial charge in [-0.2, -0.15) is 0 Å². The van der Waals surface area contributed by atoms with Gasteiger partial charge in [0.1, 0.15) is 0 Å². The van der Waals surface area contributed by atoms with E-state index in [0.29, 0.717) is 12.5 Å². The van der Waals surface area contributed by atoms with Crippen molar-refractivity contribution in [2.75, 3.05) is 0 Å². The molecule has 3 nitrogen and oxygen atoms in total. The van der Waals surface area contributed by atoms with Crippen LogP contribution in [0, 0.1) is 0 Å². The molecule has 3 rings (SSSR count). The second kappa shape index (κ2) is 4.72. The maximum absolute atomic E-state index is 11.5. The highest BCUT2D eigenvalue weighted by atomic mass is 16.1. The molecule has 0 spiro atoms. The van der Waals surface area contributed by atoms with Crippen molar-refractivity contribution in [2.45, 2.75) is 38.6 Å². The maximum atomic E-state index is 11.5. The number of carbonyl (C=O) groups excluding carboxylic acids is 1. The van der Waals surface area contributed by atoms with E-state index in [9.17, 15) is 4.79 Å². The minimum absolute atomic E-state index is 0.161. The van der Waals surface area contributed by atoms with Gasteiger partial charge in [0.25, 0.3) is 0 Å². The smallest absolute Gasteiger partial charge is 0.219 e. The Bertz CT molecular complexity index is 627. The molecule has 1 amide bonds. The van der Waals surface area contributed by atoms with E-state index >= 15 is 0 Å². The van der Waals surface area contributed by atoms with Gasteiger partial charge in [0.15, 0.2) is 0 Å². The average Bonchev–Trinajstić information content (AvgIpc) is 2.73. The molecule has 1 atom stereocenters. The molecule has 0 fully saturated rings. The first kappa shape index (κ1) is 12.3. The Morgan fingerprint density at radius 1 is 1.42 bits per heavy atom. The molecule has 0 bridgehead atoms. The number of hydrogen-bond donors (Lipinski definition) is 1. The molecule has 1 aliphatic carbocycles. The highest BCUT2D eigenvalue weighted by molar-refractivity contribution is 5.86. The average molecular weight is 256 g/mol. The molecule has 0 saturated heterocycles. The Kier molecular flexibility index (Phi) is 3.05. The van der Waals surface area contributed by atoms with E-state index in [-0.39, 0.29) is 5.91 Å². The quantitative estimate of drug-likeness (QED) is 0.880. The van der Waals surface area contributed by atoms with Gasteiger partial charge < -0.3 is 9.88 Å². The van der Waals surface area contributed by atoms with E-state index in [1.165, 1.54) is 22.2 Å². The van der Waals surface area contributed by atoms with Gasteiger partial charge in [0.05, 0.1) is 0 Å². The summed E-state index contributed by atoms with van der Waals surface area (Å²) >= 11 is 0. The van der Waals surface area contributed by atoms with E-state index in [4.69, 9.17) is 0 Å². The minimum Gasteiger partial charge on any atom is -0.353 e. The van der Waals surface area contributed by atoms with Crippen LogP contribution in [0.5, 0.6) is 0 Å². The van der Waals surface area contributed by atoms with Crippen LogP contribution in [0.3, 0.4) is 0 Å². The number of aryl methyl sites for hydroxylation is 1. The van der Waals surface area contributed by atoms with Crippen LogP contribution in [0.2, 0.25) is 0 Å². The first-order chi connectivity index (χ1) is 9.20. The zero-order valence-corrected chi connectivity index (χ0v) is 11.6. The van der Waals surface area contributed by atoms with Crippen LogP contribution in [0.15, 0.2) is 24.3 Å². The summed E-state index contributed by atoms with van der Waals surface area (Å²) in [5.41, 5.74) is 4.16. The Balaban J connectivity index is 1.96. The van der Waals surface area contributed by atoms with E-state index in [1.54, 1.807) is 0 Å². The van der Waals surface area contributed by atoms with Gasteiger partial charge in [-0.3, -0.25) is 4.79 Å². The maximum Gasteiger partial charge on any atom is 0.219 e. The third-order valence-corrected chi connectivity index (χ3v) is 4.21. The topological polar surface area (TPSA) is 34.0 Å². The number of nitrogens with zero attached hydrogens (tertiary/aromatic N) is 1. The molecule has 1 aromatic carbocycles. The number of amides is 1. The van der Waals surface area contributed by atoms with E-state index in [0.717, 1.165) is 19.3 Å². The number of para-hydroxylation sites is 1. The molecular formula is C16H20N2O. The number of nitrogens with one attached hydrogen (secondary N) is 1. The van der Waals surface area contributed by atoms with Crippen LogP contribution >= 0.6 is 0 Å². The molecule has 0 aliphatic heterocycles. The van der Waals surface area contributed by atoms with Crippen LogP contribution in [0.1, 0.15) is 31.0 Å². The van der Waals surface area contributed by atoms with Crippen molar-refractivity contribution in [3.05, 3.63) is 35.5 Å². The van der Waals surface area contributed by atoms with Crippen molar-refractivity contribution >= 4 is 16.8 Å². The van der Waals surface area contributed by atoms with E-state index < -0.39 is 0 Å². The number of benzene rings is 1. The lowest BCUT2D eigenvalue weighted by Gasteiger charge is -2.24. The normalized spacial score (nSPS) is 18.3. The Morgan fingerprint density at radius 3 is 3.00 bits per heavy atom. The van der Waals surface area contributed by atoms with Crippen LogP contribution in [-0.4, -0.2) is 16.5 Å². The van der Waals surface area contributed by atoms with Gasteiger partial charge in [0.2, 0.25) is 5.91 Å². The van der Waals surface area contributed by atoms with Crippen LogP contribution in [0.25, 0.3) is 10.9 Å². The molecule has 1 N–H and O–H groups in total. The summed E-state index contributed by atoms with van der Waals surface area (Å²) in [6.45, 7) is 1.90. The third-order valence-electron chi connectivity index (χ3n) is 4.21. The van der Waals surface area contributed by atoms with Gasteiger partial charge in [-0.1, -0.05) is 25.1 Å². The minimum atomic E-state index is 0.161. The first-order valence-corrected chi connectivity index (χ1v) is 7.05. The molecule has 0 radical (unpaired) electrons. The zero-order chi connectivity index (χ0) is 13.4. The van der Waals surface area contributed by atoms with Crippen molar-refractivity contribution in [1.29, 1.82) is 0 Å². The van der Waals surface area contributed by atoms with E-state index in [1.807, 2.05) is 6.92 Å².